The summed E-state index contributed by atoms with van der Waals surface area (Å²) in [4.78, 5) is 8.07. The summed E-state index contributed by atoms with van der Waals surface area (Å²) in [5.74, 6) is 2.23. The molecule has 7 heteroatoms. The first kappa shape index (κ1) is 70.2. The van der Waals surface area contributed by atoms with Crippen molar-refractivity contribution in [2.24, 2.45) is 0 Å². The lowest BCUT2D eigenvalue weighted by Gasteiger charge is -2.32. The zero-order valence-corrected chi connectivity index (χ0v) is 63.4. The smallest absolute Gasteiger partial charge is 0.126 e. The van der Waals surface area contributed by atoms with Crippen molar-refractivity contribution in [3.63, 3.8) is 0 Å². The SMILES string of the molecule is CC(C)(C)c1cc2c(O)c(c1)Cc1cc(C(C)(C)C)cc3c1OCCN(Cc1c4ccccc4cc4ccccc14)CCN(Cc1c4ccccc4cc4ccccc14)CCN(Cc1c4ccccc4cc4ccccc14)CCOc1c(cc(C(C)(C)C)cc1Cc1cc(C(C)(C)C)cc(c1O)C3)C2. The molecule has 0 fully saturated rings. The number of aromatic hydroxyl groups is 2. The minimum atomic E-state index is -0.250. The van der Waals surface area contributed by atoms with Crippen LogP contribution in [-0.4, -0.2) is 77.4 Å². The van der Waals surface area contributed by atoms with Gasteiger partial charge >= 0.3 is 0 Å². The molecular formula is C97H103N3O4. The normalized spacial score (nSPS) is 15.3. The number of fused-ring (bicyclic) bond motifs is 18. The quantitative estimate of drug-likeness (QED) is 0.127. The molecule has 0 saturated carbocycles. The Kier molecular flexibility index (Phi) is 19.0. The van der Waals surface area contributed by atoms with Gasteiger partial charge < -0.3 is 19.7 Å². The van der Waals surface area contributed by atoms with Gasteiger partial charge in [-0.25, -0.2) is 0 Å². The van der Waals surface area contributed by atoms with Gasteiger partial charge in [0.2, 0.25) is 0 Å². The Morgan fingerprint density at radius 2 is 0.471 bits per heavy atom. The average molecular weight is 1370 g/mol. The van der Waals surface area contributed by atoms with Gasteiger partial charge in [-0.1, -0.05) is 277 Å². The Balaban J connectivity index is 0.964. The lowest BCUT2D eigenvalue weighted by Crippen LogP contribution is -2.41. The third-order valence-corrected chi connectivity index (χ3v) is 22.6. The zero-order valence-electron chi connectivity index (χ0n) is 63.4. The van der Waals surface area contributed by atoms with E-state index in [1.54, 1.807) is 0 Å². The van der Waals surface area contributed by atoms with Crippen molar-refractivity contribution in [2.45, 2.75) is 150 Å². The summed E-state index contributed by atoms with van der Waals surface area (Å²) < 4.78 is 15.4. The van der Waals surface area contributed by atoms with Crippen LogP contribution in [0.5, 0.6) is 23.0 Å². The Morgan fingerprint density at radius 1 is 0.269 bits per heavy atom. The van der Waals surface area contributed by atoms with Crippen LogP contribution in [0, 0.1) is 0 Å². The number of phenolic OH excluding ortho intramolecular Hbond substituents is 2. The van der Waals surface area contributed by atoms with Gasteiger partial charge in [-0.15, -0.1) is 0 Å². The molecule has 0 spiro atoms. The Hall–Kier alpha value is -9.50. The van der Waals surface area contributed by atoms with Crippen LogP contribution in [-0.2, 0) is 67.0 Å². The molecule has 0 atom stereocenters. The highest BCUT2D eigenvalue weighted by Gasteiger charge is 2.31. The van der Waals surface area contributed by atoms with Gasteiger partial charge in [0.25, 0.3) is 0 Å². The third kappa shape index (κ3) is 14.6. The lowest BCUT2D eigenvalue weighted by molar-refractivity contribution is 0.144. The molecule has 0 amide bonds. The second-order valence-electron chi connectivity index (χ2n) is 34.2. The summed E-state index contributed by atoms with van der Waals surface area (Å²) in [5, 5.41) is 41.8. The molecule has 3 aliphatic rings. The number of hydrogen-bond acceptors (Lipinski definition) is 7. The van der Waals surface area contributed by atoms with Crippen LogP contribution in [0.15, 0.2) is 212 Å². The molecule has 7 nitrogen and oxygen atoms in total. The van der Waals surface area contributed by atoms with Gasteiger partial charge in [0.15, 0.2) is 0 Å². The van der Waals surface area contributed by atoms with Gasteiger partial charge in [-0.2, -0.15) is 0 Å². The molecule has 2 N–H and O–H groups in total. The molecule has 0 saturated heterocycles. The molecule has 2 heterocycles. The van der Waals surface area contributed by atoms with E-state index >= 15 is 0 Å². The van der Waals surface area contributed by atoms with Gasteiger partial charge in [0.1, 0.15) is 36.2 Å². The largest absolute Gasteiger partial charge is 0.507 e. The van der Waals surface area contributed by atoms with Gasteiger partial charge in [-0.05, 0) is 188 Å². The summed E-state index contributed by atoms with van der Waals surface area (Å²) in [6.07, 6.45) is 1.71. The first-order valence-electron chi connectivity index (χ1n) is 38.0. The fourth-order valence-corrected chi connectivity index (χ4v) is 16.5. The van der Waals surface area contributed by atoms with E-state index in [0.29, 0.717) is 76.6 Å². The highest BCUT2D eigenvalue weighted by molar-refractivity contribution is 6.04. The van der Waals surface area contributed by atoms with E-state index in [0.717, 1.165) is 99.9 Å². The summed E-state index contributed by atoms with van der Waals surface area (Å²) in [6.45, 7) is 34.7. The molecule has 1 aliphatic carbocycles. The van der Waals surface area contributed by atoms with Crippen LogP contribution in [0.2, 0.25) is 0 Å². The van der Waals surface area contributed by atoms with Crippen molar-refractivity contribution in [1.82, 2.24) is 14.7 Å². The standard InChI is InChI=1S/C97H103N3O4/c1-94(2,3)77-52-69-48-73-56-79(96(7,8)9)58-75-50-71-54-78(95(4,5)6)55-72(91(71)102)51-76-59-80(97(10,11)12)57-74(49-70(53-77)90(69)101)93(76)104-44-42-100(62-89-85-35-23-17-29-67(85)47-68-30-18-24-36-86(68)89)40-38-98(60-87-81-31-19-13-25-63(81)45-64-26-14-20-32-82(64)87)37-39-99(41-43-103-92(73)75)61-88-83-33-21-15-27-65(83)46-66-28-16-22-34-84(66)88/h13-36,45-47,52-59,101-102H,37-44,48-51,60-62H2,1-12H3. The Morgan fingerprint density at radius 3 is 0.692 bits per heavy atom. The molecule has 2 aliphatic heterocycles. The molecule has 16 rings (SSSR count). The Bertz CT molecular complexity index is 4890. The van der Waals surface area contributed by atoms with Crippen molar-refractivity contribution in [1.29, 1.82) is 0 Å². The molecule has 104 heavy (non-hydrogen) atoms. The second kappa shape index (κ2) is 28.2. The zero-order chi connectivity index (χ0) is 72.4. The van der Waals surface area contributed by atoms with E-state index < -0.39 is 0 Å². The van der Waals surface area contributed by atoms with Gasteiger partial charge in [-0.3, -0.25) is 14.7 Å². The van der Waals surface area contributed by atoms with E-state index in [4.69, 9.17) is 9.47 Å². The highest BCUT2D eigenvalue weighted by atomic mass is 16.5. The number of hydrogen-bond donors (Lipinski definition) is 2. The molecular weight excluding hydrogens is 1270 g/mol. The minimum Gasteiger partial charge on any atom is -0.507 e. The fourth-order valence-electron chi connectivity index (χ4n) is 16.5. The van der Waals surface area contributed by atoms with Crippen molar-refractivity contribution < 1.29 is 19.7 Å². The van der Waals surface area contributed by atoms with Crippen LogP contribution < -0.4 is 9.47 Å². The minimum absolute atomic E-state index is 0.250. The van der Waals surface area contributed by atoms with E-state index in [9.17, 15) is 10.2 Å². The maximum Gasteiger partial charge on any atom is 0.126 e. The number of rotatable bonds is 6. The van der Waals surface area contributed by atoms with Crippen molar-refractivity contribution >= 4 is 64.6 Å². The first-order valence-corrected chi connectivity index (χ1v) is 38.0. The summed E-state index contributed by atoms with van der Waals surface area (Å²) in [5.41, 5.74) is 15.1. The predicted molar refractivity (Wildman–Crippen MR) is 436 cm³/mol. The highest BCUT2D eigenvalue weighted by Crippen LogP contribution is 2.45. The van der Waals surface area contributed by atoms with Crippen molar-refractivity contribution in [2.75, 3.05) is 52.5 Å². The second-order valence-corrected chi connectivity index (χ2v) is 34.2. The molecule has 0 aromatic heterocycles. The fraction of sp³-hybridized carbons (Fsp3) is 0.320. The van der Waals surface area contributed by atoms with E-state index in [-0.39, 0.29) is 21.7 Å². The van der Waals surface area contributed by atoms with Crippen LogP contribution in [0.1, 0.15) is 167 Å². The molecule has 0 radical (unpaired) electrons. The molecule has 13 aromatic carbocycles. The predicted octanol–water partition coefficient (Wildman–Crippen LogP) is 22.2. The molecule has 10 bridgehead atoms. The number of ether oxygens (including phenoxy) is 2. The van der Waals surface area contributed by atoms with Crippen LogP contribution >= 0.6 is 0 Å². The van der Waals surface area contributed by atoms with Crippen LogP contribution in [0.25, 0.3) is 64.6 Å². The lowest BCUT2D eigenvalue weighted by atomic mass is 9.79. The van der Waals surface area contributed by atoms with Gasteiger partial charge in [0, 0.05) is 84.6 Å². The number of phenols is 2. The molecule has 530 valence electrons. The average Bonchev–Trinajstić information content (AvgIpc) is 0.781. The van der Waals surface area contributed by atoms with E-state index in [2.05, 4.69) is 310 Å². The van der Waals surface area contributed by atoms with Crippen LogP contribution in [0.4, 0.5) is 0 Å². The Labute approximate surface area is 616 Å². The van der Waals surface area contributed by atoms with Crippen LogP contribution in [0.3, 0.4) is 0 Å². The van der Waals surface area contributed by atoms with Gasteiger partial charge in [0.05, 0.1) is 0 Å². The monoisotopic (exact) mass is 1370 g/mol. The summed E-state index contributed by atoms with van der Waals surface area (Å²) in [6, 6.07) is 79.1. The molecule has 13 aromatic rings. The number of nitrogens with zero attached hydrogens (tertiary/aromatic N) is 3. The summed E-state index contributed by atoms with van der Waals surface area (Å²) >= 11 is 0. The third-order valence-electron chi connectivity index (χ3n) is 22.6. The van der Waals surface area contributed by atoms with E-state index in [1.165, 1.54) is 92.5 Å². The molecule has 0 unspecified atom stereocenters. The number of benzene rings is 13. The summed E-state index contributed by atoms with van der Waals surface area (Å²) in [7, 11) is 0. The van der Waals surface area contributed by atoms with Crippen molar-refractivity contribution in [3.05, 3.63) is 296 Å². The van der Waals surface area contributed by atoms with Crippen molar-refractivity contribution in [3.8, 4) is 23.0 Å². The van der Waals surface area contributed by atoms with E-state index in [1.807, 2.05) is 0 Å². The maximum absolute atomic E-state index is 13.4. The maximum atomic E-state index is 13.4. The first-order chi connectivity index (χ1) is 49.8. The topological polar surface area (TPSA) is 68.6 Å².